The molecule has 8 rings (SSSR count). The largest absolute Gasteiger partial charge is 0.508 e. The van der Waals surface area contributed by atoms with Crippen molar-refractivity contribution in [2.24, 2.45) is 11.8 Å². The number of aromatic hydroxyl groups is 1. The number of benzene rings is 2. The van der Waals surface area contributed by atoms with Crippen molar-refractivity contribution >= 4 is 27.5 Å². The van der Waals surface area contributed by atoms with Crippen molar-refractivity contribution in [1.29, 1.82) is 0 Å². The Morgan fingerprint density at radius 2 is 1.96 bits per heavy atom. The minimum absolute atomic E-state index is 0.0527. The van der Waals surface area contributed by atoms with Crippen LogP contribution in [0.2, 0.25) is 0 Å². The summed E-state index contributed by atoms with van der Waals surface area (Å²) < 4.78 is 78.4. The Hall–Kier alpha value is -4.10. The molecule has 3 aliphatic heterocycles. The second kappa shape index (κ2) is 10.5. The number of piperidine rings is 1. The molecule has 0 radical (unpaired) electrons. The van der Waals surface area contributed by atoms with Gasteiger partial charge in [-0.15, -0.1) is 6.42 Å². The standard InChI is InChI=1S/C35H34F3N5O2/c1-3-25-27(37)8-7-22-12-24(44)13-26(29(22)25)31-30(38)32-28(19(2)39-31)33(42-15-20-5-6-21(11-20)16-42)41-34(40-32)45-18-35-9-4-10-43(35)17-23(36)14-35/h1,7-8,12-13,20-21,23,44H,4-6,9-11,14-18H2,2H3/t20?,21?,23-,35+/m1/s1/i2D3. The van der Waals surface area contributed by atoms with Crippen molar-refractivity contribution in [1.82, 2.24) is 19.9 Å². The monoisotopic (exact) mass is 616 g/mol. The van der Waals surface area contributed by atoms with E-state index in [0.29, 0.717) is 43.3 Å². The normalized spacial score (nSPS) is 27.4. The van der Waals surface area contributed by atoms with Crippen LogP contribution in [0.5, 0.6) is 11.8 Å². The van der Waals surface area contributed by atoms with Gasteiger partial charge in [0.2, 0.25) is 0 Å². The van der Waals surface area contributed by atoms with E-state index in [0.717, 1.165) is 44.7 Å². The molecular formula is C35H34F3N5O2. The molecular weight excluding hydrogens is 579 g/mol. The van der Waals surface area contributed by atoms with Crippen LogP contribution in [0.3, 0.4) is 0 Å². The van der Waals surface area contributed by atoms with Crippen molar-refractivity contribution < 1.29 is 27.1 Å². The van der Waals surface area contributed by atoms with E-state index in [1.807, 2.05) is 4.90 Å². The summed E-state index contributed by atoms with van der Waals surface area (Å²) in [6.07, 6.45) is 9.81. The van der Waals surface area contributed by atoms with Crippen LogP contribution in [0.1, 0.15) is 53.9 Å². The van der Waals surface area contributed by atoms with Crippen LogP contribution in [0.25, 0.3) is 32.9 Å². The number of rotatable bonds is 5. The summed E-state index contributed by atoms with van der Waals surface area (Å²) in [5, 5.41) is 11.0. The van der Waals surface area contributed by atoms with Crippen LogP contribution in [0.15, 0.2) is 24.3 Å². The SMILES string of the molecule is [2H]C([2H])([2H])c1nc(-c2cc(O)cc3ccc(F)c(C#C)c23)c(F)c2nc(OC[C@@]34CCCN3C[C@H](F)C4)nc(N3CC4CCC(C4)C3)c12. The second-order valence-corrected chi connectivity index (χ2v) is 13.1. The fourth-order valence-corrected chi connectivity index (χ4v) is 8.39. The third-order valence-electron chi connectivity index (χ3n) is 10.3. The number of ether oxygens (including phenoxy) is 1. The molecule has 5 heterocycles. The zero-order chi connectivity index (χ0) is 33.5. The lowest BCUT2D eigenvalue weighted by Crippen LogP contribution is -2.43. The molecule has 4 aliphatic rings. The van der Waals surface area contributed by atoms with Crippen LogP contribution < -0.4 is 9.64 Å². The fourth-order valence-electron chi connectivity index (χ4n) is 8.39. The molecule has 3 saturated heterocycles. The Kier molecular flexibility index (Phi) is 5.85. The lowest BCUT2D eigenvalue weighted by Gasteiger charge is -2.34. The molecule has 2 aromatic heterocycles. The summed E-state index contributed by atoms with van der Waals surface area (Å²) in [6.45, 7) is -0.449. The molecule has 45 heavy (non-hydrogen) atoms. The molecule has 4 aromatic rings. The number of pyridine rings is 1. The van der Waals surface area contributed by atoms with E-state index >= 15 is 4.39 Å². The molecule has 4 fully saturated rings. The Morgan fingerprint density at radius 1 is 1.13 bits per heavy atom. The van der Waals surface area contributed by atoms with Gasteiger partial charge in [-0.1, -0.05) is 12.0 Å². The van der Waals surface area contributed by atoms with Gasteiger partial charge >= 0.3 is 6.01 Å². The number of aryl methyl sites for hydroxylation is 1. The topological polar surface area (TPSA) is 74.6 Å². The van der Waals surface area contributed by atoms with E-state index in [4.69, 9.17) is 20.3 Å². The van der Waals surface area contributed by atoms with Gasteiger partial charge < -0.3 is 14.7 Å². The summed E-state index contributed by atoms with van der Waals surface area (Å²) in [5.74, 6) is 1.29. The first-order valence-corrected chi connectivity index (χ1v) is 15.5. The highest BCUT2D eigenvalue weighted by molar-refractivity contribution is 6.03. The quantitative estimate of drug-likeness (QED) is 0.264. The van der Waals surface area contributed by atoms with Crippen LogP contribution >= 0.6 is 0 Å². The smallest absolute Gasteiger partial charge is 0.319 e. The summed E-state index contributed by atoms with van der Waals surface area (Å²) in [6, 6.07) is 4.94. The highest BCUT2D eigenvalue weighted by Crippen LogP contribution is 2.44. The molecule has 7 nitrogen and oxygen atoms in total. The van der Waals surface area contributed by atoms with Crippen LogP contribution in [0, 0.1) is 42.7 Å². The minimum Gasteiger partial charge on any atom is -0.508 e. The maximum Gasteiger partial charge on any atom is 0.319 e. The zero-order valence-corrected chi connectivity index (χ0v) is 24.6. The number of phenolic OH excluding ortho intramolecular Hbond substituents is 1. The Balaban J connectivity index is 1.36. The third-order valence-corrected chi connectivity index (χ3v) is 10.3. The number of phenols is 1. The van der Waals surface area contributed by atoms with Gasteiger partial charge in [0.25, 0.3) is 0 Å². The van der Waals surface area contributed by atoms with Crippen LogP contribution in [-0.4, -0.2) is 69.5 Å². The molecule has 10 heteroatoms. The maximum atomic E-state index is 17.1. The first-order chi connectivity index (χ1) is 22.9. The van der Waals surface area contributed by atoms with Gasteiger partial charge in [-0.05, 0) is 80.9 Å². The molecule has 0 spiro atoms. The number of fused-ring (bicyclic) bond motifs is 5. The summed E-state index contributed by atoms with van der Waals surface area (Å²) in [5.41, 5.74) is -2.00. The van der Waals surface area contributed by atoms with Gasteiger partial charge in [0, 0.05) is 41.1 Å². The number of hydrogen-bond acceptors (Lipinski definition) is 7. The summed E-state index contributed by atoms with van der Waals surface area (Å²) in [4.78, 5) is 17.7. The van der Waals surface area contributed by atoms with Gasteiger partial charge in [0.05, 0.1) is 22.2 Å². The zero-order valence-electron chi connectivity index (χ0n) is 27.6. The lowest BCUT2D eigenvalue weighted by atomic mass is 9.95. The van der Waals surface area contributed by atoms with Gasteiger partial charge in [-0.2, -0.15) is 9.97 Å². The fraction of sp³-hybridized carbons (Fsp3) is 0.457. The highest BCUT2D eigenvalue weighted by atomic mass is 19.1. The van der Waals surface area contributed by atoms with Crippen molar-refractivity contribution in [2.45, 2.75) is 57.1 Å². The van der Waals surface area contributed by atoms with Crippen LogP contribution in [-0.2, 0) is 0 Å². The molecule has 0 amide bonds. The van der Waals surface area contributed by atoms with Gasteiger partial charge in [0.15, 0.2) is 5.82 Å². The van der Waals surface area contributed by atoms with Crippen molar-refractivity contribution in [2.75, 3.05) is 37.7 Å². The number of hydrogen-bond donors (Lipinski definition) is 1. The van der Waals surface area contributed by atoms with E-state index in [1.54, 1.807) is 0 Å². The van der Waals surface area contributed by atoms with Crippen LogP contribution in [0.4, 0.5) is 19.0 Å². The Morgan fingerprint density at radius 3 is 2.73 bits per heavy atom. The number of nitrogens with zero attached hydrogens (tertiary/aromatic N) is 5. The first kappa shape index (κ1) is 25.1. The molecule has 1 saturated carbocycles. The highest BCUT2D eigenvalue weighted by Gasteiger charge is 2.49. The Bertz CT molecular complexity index is 2010. The summed E-state index contributed by atoms with van der Waals surface area (Å²) >= 11 is 0. The maximum absolute atomic E-state index is 17.1. The van der Waals surface area contributed by atoms with Crippen molar-refractivity contribution in [3.05, 3.63) is 47.2 Å². The number of terminal acetylenes is 1. The predicted molar refractivity (Wildman–Crippen MR) is 166 cm³/mol. The summed E-state index contributed by atoms with van der Waals surface area (Å²) in [7, 11) is 0. The van der Waals surface area contributed by atoms with E-state index in [2.05, 4.69) is 20.8 Å². The van der Waals surface area contributed by atoms with Gasteiger partial charge in [-0.25, -0.2) is 18.2 Å². The van der Waals surface area contributed by atoms with Crippen molar-refractivity contribution in [3.63, 3.8) is 0 Å². The number of alkyl halides is 1. The second-order valence-electron chi connectivity index (χ2n) is 13.1. The lowest BCUT2D eigenvalue weighted by molar-refractivity contribution is 0.107. The number of aromatic nitrogens is 3. The molecule has 1 aliphatic carbocycles. The molecule has 232 valence electrons. The van der Waals surface area contributed by atoms with Gasteiger partial charge in [0.1, 0.15) is 41.4 Å². The molecule has 4 atom stereocenters. The van der Waals surface area contributed by atoms with E-state index in [9.17, 15) is 13.9 Å². The number of halogens is 3. The van der Waals surface area contributed by atoms with E-state index < -0.39 is 41.6 Å². The molecule has 1 N–H and O–H groups in total. The minimum atomic E-state index is -2.84. The number of anilines is 1. The first-order valence-electron chi connectivity index (χ1n) is 17.0. The molecule has 2 aromatic carbocycles. The predicted octanol–water partition coefficient (Wildman–Crippen LogP) is 6.31. The van der Waals surface area contributed by atoms with Gasteiger partial charge in [-0.3, -0.25) is 4.90 Å². The average Bonchev–Trinajstić information content (AvgIpc) is 3.69. The van der Waals surface area contributed by atoms with E-state index in [-0.39, 0.29) is 51.6 Å². The molecule has 2 bridgehead atoms. The average molecular weight is 617 g/mol. The molecule has 2 unspecified atom stereocenters. The third kappa shape index (κ3) is 4.58. The Labute approximate surface area is 263 Å². The van der Waals surface area contributed by atoms with Crippen molar-refractivity contribution in [3.8, 4) is 35.4 Å². The van der Waals surface area contributed by atoms with E-state index in [1.165, 1.54) is 18.2 Å².